The van der Waals surface area contributed by atoms with Crippen molar-refractivity contribution < 1.29 is 14.6 Å². The summed E-state index contributed by atoms with van der Waals surface area (Å²) in [4.78, 5) is 2.28. The van der Waals surface area contributed by atoms with Gasteiger partial charge in [-0.3, -0.25) is 4.90 Å². The first-order chi connectivity index (χ1) is 10.1. The Morgan fingerprint density at radius 3 is 2.62 bits per heavy atom. The highest BCUT2D eigenvalue weighted by Gasteiger charge is 2.52. The van der Waals surface area contributed by atoms with Crippen molar-refractivity contribution in [2.45, 2.75) is 37.3 Å². The van der Waals surface area contributed by atoms with Gasteiger partial charge in [0.15, 0.2) is 5.79 Å². The van der Waals surface area contributed by atoms with Crippen LogP contribution < -0.4 is 0 Å². The maximum atomic E-state index is 10.4. The number of ether oxygens (including phenoxy) is 2. The topological polar surface area (TPSA) is 41.9 Å². The molecule has 4 nitrogen and oxygen atoms in total. The normalized spacial score (nSPS) is 35.6. The van der Waals surface area contributed by atoms with E-state index in [1.54, 1.807) is 0 Å². The number of rotatable bonds is 4. The Morgan fingerprint density at radius 2 is 1.95 bits per heavy atom. The van der Waals surface area contributed by atoms with E-state index in [4.69, 9.17) is 9.47 Å². The molecule has 3 aliphatic rings. The van der Waals surface area contributed by atoms with E-state index in [-0.39, 0.29) is 6.10 Å². The summed E-state index contributed by atoms with van der Waals surface area (Å²) >= 11 is 0. The van der Waals surface area contributed by atoms with Gasteiger partial charge in [0.2, 0.25) is 0 Å². The van der Waals surface area contributed by atoms with Crippen LogP contribution in [0.3, 0.4) is 0 Å². The zero-order valence-electron chi connectivity index (χ0n) is 12.5. The molecule has 1 N–H and O–H groups in total. The van der Waals surface area contributed by atoms with Crippen molar-refractivity contribution in [1.29, 1.82) is 0 Å². The van der Waals surface area contributed by atoms with Crippen molar-refractivity contribution in [3.63, 3.8) is 0 Å². The molecule has 0 bridgehead atoms. The van der Waals surface area contributed by atoms with Gasteiger partial charge in [-0.2, -0.15) is 0 Å². The van der Waals surface area contributed by atoms with Gasteiger partial charge in [0.1, 0.15) is 0 Å². The summed E-state index contributed by atoms with van der Waals surface area (Å²) in [5.41, 5.74) is 0.646. The van der Waals surface area contributed by atoms with E-state index in [1.807, 2.05) is 37.3 Å². The fourth-order valence-electron chi connectivity index (χ4n) is 3.64. The minimum atomic E-state index is -0.635. The van der Waals surface area contributed by atoms with E-state index in [0.29, 0.717) is 12.5 Å². The Labute approximate surface area is 125 Å². The van der Waals surface area contributed by atoms with Crippen molar-refractivity contribution in [1.82, 2.24) is 4.90 Å². The van der Waals surface area contributed by atoms with Crippen molar-refractivity contribution in [3.05, 3.63) is 35.9 Å². The van der Waals surface area contributed by atoms with Crippen LogP contribution >= 0.6 is 0 Å². The second kappa shape index (κ2) is 4.78. The third-order valence-corrected chi connectivity index (χ3v) is 5.03. The predicted molar refractivity (Wildman–Crippen MR) is 78.7 cm³/mol. The number of nitrogens with zero attached hydrogens (tertiary/aromatic N) is 1. The first-order valence-electron chi connectivity index (χ1n) is 7.89. The van der Waals surface area contributed by atoms with E-state index < -0.39 is 11.4 Å². The van der Waals surface area contributed by atoms with Gasteiger partial charge in [-0.15, -0.1) is 0 Å². The zero-order chi connectivity index (χ0) is 14.5. The van der Waals surface area contributed by atoms with Gasteiger partial charge >= 0.3 is 0 Å². The monoisotopic (exact) mass is 289 g/mol. The number of aliphatic hydroxyl groups is 1. The van der Waals surface area contributed by atoms with Gasteiger partial charge in [-0.25, -0.2) is 0 Å². The molecular formula is C17H23NO3. The lowest BCUT2D eigenvalue weighted by Gasteiger charge is -2.47. The quantitative estimate of drug-likeness (QED) is 0.916. The maximum absolute atomic E-state index is 10.4. The van der Waals surface area contributed by atoms with Crippen LogP contribution in [0.1, 0.15) is 25.3 Å². The molecule has 3 fully saturated rings. The lowest BCUT2D eigenvalue weighted by molar-refractivity contribution is -0.172. The van der Waals surface area contributed by atoms with Gasteiger partial charge in [0, 0.05) is 25.2 Å². The van der Waals surface area contributed by atoms with E-state index in [1.165, 1.54) is 12.8 Å². The van der Waals surface area contributed by atoms with Crippen LogP contribution in [-0.2, 0) is 15.3 Å². The molecule has 21 heavy (non-hydrogen) atoms. The zero-order valence-corrected chi connectivity index (χ0v) is 12.5. The van der Waals surface area contributed by atoms with Crippen molar-refractivity contribution in [2.75, 3.05) is 26.2 Å². The van der Waals surface area contributed by atoms with Crippen molar-refractivity contribution >= 4 is 0 Å². The Kier molecular flexibility index (Phi) is 3.12. The number of benzene rings is 1. The summed E-state index contributed by atoms with van der Waals surface area (Å²) in [5, 5.41) is 10.4. The molecule has 2 unspecified atom stereocenters. The molecule has 0 spiro atoms. The number of hydrogen-bond acceptors (Lipinski definition) is 4. The Morgan fingerprint density at radius 1 is 1.24 bits per heavy atom. The summed E-state index contributed by atoms with van der Waals surface area (Å²) in [6, 6.07) is 10.1. The van der Waals surface area contributed by atoms with Crippen LogP contribution in [0.5, 0.6) is 0 Å². The molecular weight excluding hydrogens is 266 g/mol. The molecule has 2 saturated heterocycles. The predicted octanol–water partition coefficient (Wildman–Crippen LogP) is 1.73. The summed E-state index contributed by atoms with van der Waals surface area (Å²) in [6.07, 6.45) is 2.47. The minimum absolute atomic E-state index is 0.0824. The molecule has 0 radical (unpaired) electrons. The Balaban J connectivity index is 1.33. The molecule has 2 heterocycles. The number of hydrogen-bond donors (Lipinski definition) is 1. The van der Waals surface area contributed by atoms with Crippen LogP contribution in [0.25, 0.3) is 0 Å². The van der Waals surface area contributed by atoms with Crippen LogP contribution in [0.2, 0.25) is 0 Å². The van der Waals surface area contributed by atoms with Gasteiger partial charge in [0.05, 0.1) is 18.3 Å². The highest BCUT2D eigenvalue weighted by molar-refractivity contribution is 5.20. The summed E-state index contributed by atoms with van der Waals surface area (Å²) < 4.78 is 12.0. The number of β-amino-alcohol motifs (C(OH)–C–C–N with tert-alkyl or cyclic N) is 1. The summed E-state index contributed by atoms with van der Waals surface area (Å²) in [7, 11) is 0. The Hall–Kier alpha value is -0.940. The fourth-order valence-corrected chi connectivity index (χ4v) is 3.64. The molecule has 1 saturated carbocycles. The van der Waals surface area contributed by atoms with Crippen LogP contribution in [-0.4, -0.2) is 48.0 Å². The van der Waals surface area contributed by atoms with Crippen molar-refractivity contribution in [3.8, 4) is 0 Å². The molecule has 4 rings (SSSR count). The molecule has 1 aliphatic carbocycles. The van der Waals surface area contributed by atoms with E-state index in [2.05, 4.69) is 4.90 Å². The highest BCUT2D eigenvalue weighted by atomic mass is 16.7. The third kappa shape index (κ3) is 2.50. The molecule has 114 valence electrons. The molecule has 0 aromatic heterocycles. The number of likely N-dealkylation sites (tertiary alicyclic amines) is 1. The first kappa shape index (κ1) is 13.7. The first-order valence-corrected chi connectivity index (χ1v) is 7.89. The van der Waals surface area contributed by atoms with E-state index in [9.17, 15) is 5.11 Å². The second-order valence-electron chi connectivity index (χ2n) is 6.91. The van der Waals surface area contributed by atoms with Crippen LogP contribution in [0.15, 0.2) is 30.3 Å². The molecule has 2 atom stereocenters. The fraction of sp³-hybridized carbons (Fsp3) is 0.647. The average Bonchev–Trinajstić information content (AvgIpc) is 3.24. The molecule has 0 amide bonds. The third-order valence-electron chi connectivity index (χ3n) is 5.03. The minimum Gasteiger partial charge on any atom is -0.387 e. The van der Waals surface area contributed by atoms with Gasteiger partial charge in [-0.1, -0.05) is 30.3 Å². The Bertz CT molecular complexity index is 510. The lowest BCUT2D eigenvalue weighted by atomic mass is 9.88. The lowest BCUT2D eigenvalue weighted by Crippen LogP contribution is -2.64. The SMILES string of the molecule is CC1(c2ccccc2)OCC(CN2CC(O)(C3CC3)C2)O1. The highest BCUT2D eigenvalue weighted by Crippen LogP contribution is 2.45. The second-order valence-corrected chi connectivity index (χ2v) is 6.91. The van der Waals surface area contributed by atoms with Crippen LogP contribution in [0, 0.1) is 5.92 Å². The standard InChI is InChI=1S/C17H23NO3/c1-16(13-5-3-2-4-6-13)20-10-15(21-16)9-18-11-17(19,12-18)14-7-8-14/h2-6,14-15,19H,7-12H2,1H3. The molecule has 2 aliphatic heterocycles. The average molecular weight is 289 g/mol. The van der Waals surface area contributed by atoms with Gasteiger partial charge < -0.3 is 14.6 Å². The molecule has 1 aromatic rings. The van der Waals surface area contributed by atoms with E-state index >= 15 is 0 Å². The summed E-state index contributed by atoms with van der Waals surface area (Å²) in [6.45, 7) is 5.03. The maximum Gasteiger partial charge on any atom is 0.192 e. The molecule has 1 aromatic carbocycles. The van der Waals surface area contributed by atoms with Gasteiger partial charge in [-0.05, 0) is 25.7 Å². The van der Waals surface area contributed by atoms with Gasteiger partial charge in [0.25, 0.3) is 0 Å². The smallest absolute Gasteiger partial charge is 0.192 e. The van der Waals surface area contributed by atoms with Crippen LogP contribution in [0.4, 0.5) is 0 Å². The van der Waals surface area contributed by atoms with Crippen molar-refractivity contribution in [2.24, 2.45) is 5.92 Å². The van der Waals surface area contributed by atoms with E-state index in [0.717, 1.165) is 25.2 Å². The summed E-state index contributed by atoms with van der Waals surface area (Å²) in [5.74, 6) is -0.0899. The molecule has 4 heteroatoms. The largest absolute Gasteiger partial charge is 0.387 e.